The number of methoxy groups -OCH3 is 2. The number of nitrogens with zero attached hydrogens (tertiary/aromatic N) is 2. The fourth-order valence-corrected chi connectivity index (χ4v) is 1.78. The lowest BCUT2D eigenvalue weighted by atomic mass is 10.2. The standard InChI is InChI=1S/C14H20N2O5/c1-20-8-3-6-16(7-9-21-2)13(17)11-4-5-15-12(10-11)14(18)19/h4-5,10H,3,6-9H2,1-2H3,(H,18,19). The van der Waals surface area contributed by atoms with Gasteiger partial charge in [-0.1, -0.05) is 0 Å². The van der Waals surface area contributed by atoms with Crippen molar-refractivity contribution in [3.63, 3.8) is 0 Å². The van der Waals surface area contributed by atoms with Gasteiger partial charge in [0.2, 0.25) is 0 Å². The number of aromatic carboxylic acids is 1. The Hall–Kier alpha value is -1.99. The van der Waals surface area contributed by atoms with Crippen molar-refractivity contribution in [1.29, 1.82) is 0 Å². The summed E-state index contributed by atoms with van der Waals surface area (Å²) < 4.78 is 9.97. The second-order valence-electron chi connectivity index (χ2n) is 4.37. The number of amides is 1. The van der Waals surface area contributed by atoms with Crippen LogP contribution < -0.4 is 0 Å². The van der Waals surface area contributed by atoms with Crippen LogP contribution in [-0.4, -0.2) is 67.4 Å². The maximum Gasteiger partial charge on any atom is 0.354 e. The van der Waals surface area contributed by atoms with Gasteiger partial charge in [-0.15, -0.1) is 0 Å². The summed E-state index contributed by atoms with van der Waals surface area (Å²) in [6.07, 6.45) is 2.02. The molecule has 7 heteroatoms. The zero-order valence-corrected chi connectivity index (χ0v) is 12.2. The molecule has 0 aliphatic rings. The summed E-state index contributed by atoms with van der Waals surface area (Å²) in [4.78, 5) is 28.7. The van der Waals surface area contributed by atoms with Crippen molar-refractivity contribution in [2.24, 2.45) is 0 Å². The Morgan fingerprint density at radius 1 is 1.24 bits per heavy atom. The molecule has 0 bridgehead atoms. The number of hydrogen-bond acceptors (Lipinski definition) is 5. The van der Waals surface area contributed by atoms with Crippen LogP contribution in [0.4, 0.5) is 0 Å². The van der Waals surface area contributed by atoms with Crippen LogP contribution in [0.25, 0.3) is 0 Å². The van der Waals surface area contributed by atoms with E-state index in [1.54, 1.807) is 19.1 Å². The molecule has 116 valence electrons. The van der Waals surface area contributed by atoms with Crippen LogP contribution in [0, 0.1) is 0 Å². The molecule has 1 aromatic heterocycles. The lowest BCUT2D eigenvalue weighted by molar-refractivity contribution is 0.0674. The number of carbonyl (C=O) groups is 2. The quantitative estimate of drug-likeness (QED) is 0.681. The van der Waals surface area contributed by atoms with E-state index >= 15 is 0 Å². The second-order valence-corrected chi connectivity index (χ2v) is 4.37. The smallest absolute Gasteiger partial charge is 0.354 e. The topological polar surface area (TPSA) is 89.0 Å². The SMILES string of the molecule is COCCCN(CCOC)C(=O)c1ccnc(C(=O)O)c1. The number of rotatable bonds is 9. The highest BCUT2D eigenvalue weighted by atomic mass is 16.5. The predicted molar refractivity (Wildman–Crippen MR) is 75.5 cm³/mol. The van der Waals surface area contributed by atoms with Crippen LogP contribution in [0.5, 0.6) is 0 Å². The monoisotopic (exact) mass is 296 g/mol. The lowest BCUT2D eigenvalue weighted by Crippen LogP contribution is -2.35. The molecule has 0 atom stereocenters. The number of ether oxygens (including phenoxy) is 2. The first kappa shape index (κ1) is 17.1. The van der Waals surface area contributed by atoms with Crippen LogP contribution in [0.1, 0.15) is 27.3 Å². The summed E-state index contributed by atoms with van der Waals surface area (Å²) in [6.45, 7) is 1.91. The van der Waals surface area contributed by atoms with Crippen molar-refractivity contribution in [2.45, 2.75) is 6.42 Å². The van der Waals surface area contributed by atoms with Crippen molar-refractivity contribution in [1.82, 2.24) is 9.88 Å². The van der Waals surface area contributed by atoms with Gasteiger partial charge in [-0.05, 0) is 18.6 Å². The molecule has 1 rings (SSSR count). The number of pyridine rings is 1. The summed E-state index contributed by atoms with van der Waals surface area (Å²) in [6, 6.07) is 2.78. The number of carboxylic acids is 1. The molecule has 1 heterocycles. The van der Waals surface area contributed by atoms with Crippen molar-refractivity contribution in [3.05, 3.63) is 29.6 Å². The van der Waals surface area contributed by atoms with Gasteiger partial charge in [0.05, 0.1) is 6.61 Å². The minimum atomic E-state index is -1.16. The normalized spacial score (nSPS) is 10.4. The second kappa shape index (κ2) is 9.04. The molecule has 1 amide bonds. The van der Waals surface area contributed by atoms with Gasteiger partial charge in [-0.3, -0.25) is 4.79 Å². The zero-order chi connectivity index (χ0) is 15.7. The average Bonchev–Trinajstić information content (AvgIpc) is 2.50. The first-order chi connectivity index (χ1) is 10.1. The van der Waals surface area contributed by atoms with Gasteiger partial charge in [0.25, 0.3) is 5.91 Å². The molecule has 7 nitrogen and oxygen atoms in total. The fourth-order valence-electron chi connectivity index (χ4n) is 1.78. The van der Waals surface area contributed by atoms with E-state index in [0.717, 1.165) is 0 Å². The minimum Gasteiger partial charge on any atom is -0.477 e. The summed E-state index contributed by atoms with van der Waals surface area (Å²) in [5.74, 6) is -1.40. The molecule has 0 aromatic carbocycles. The molecule has 0 unspecified atom stereocenters. The molecule has 1 N–H and O–H groups in total. The van der Waals surface area contributed by atoms with Gasteiger partial charge >= 0.3 is 5.97 Å². The Balaban J connectivity index is 2.82. The number of carbonyl (C=O) groups excluding carboxylic acids is 1. The van der Waals surface area contributed by atoms with Crippen molar-refractivity contribution in [2.75, 3.05) is 40.5 Å². The number of aromatic nitrogens is 1. The highest BCUT2D eigenvalue weighted by Crippen LogP contribution is 2.07. The minimum absolute atomic E-state index is 0.149. The summed E-state index contributed by atoms with van der Waals surface area (Å²) in [5, 5.41) is 8.92. The van der Waals surface area contributed by atoms with E-state index < -0.39 is 5.97 Å². The molecule has 0 saturated carbocycles. The van der Waals surface area contributed by atoms with Gasteiger partial charge in [-0.2, -0.15) is 0 Å². The predicted octanol–water partition coefficient (Wildman–Crippen LogP) is 0.905. The maximum atomic E-state index is 12.4. The van der Waals surface area contributed by atoms with E-state index in [2.05, 4.69) is 4.98 Å². The Morgan fingerprint density at radius 2 is 1.95 bits per heavy atom. The average molecular weight is 296 g/mol. The van der Waals surface area contributed by atoms with Crippen LogP contribution in [-0.2, 0) is 9.47 Å². The third-order valence-electron chi connectivity index (χ3n) is 2.86. The highest BCUT2D eigenvalue weighted by molar-refractivity contribution is 5.96. The fraction of sp³-hybridized carbons (Fsp3) is 0.500. The van der Waals surface area contributed by atoms with Gasteiger partial charge in [0.15, 0.2) is 0 Å². The van der Waals surface area contributed by atoms with Gasteiger partial charge < -0.3 is 19.5 Å². The molecular weight excluding hydrogens is 276 g/mol. The molecule has 21 heavy (non-hydrogen) atoms. The zero-order valence-electron chi connectivity index (χ0n) is 12.2. The lowest BCUT2D eigenvalue weighted by Gasteiger charge is -2.22. The highest BCUT2D eigenvalue weighted by Gasteiger charge is 2.17. The molecular formula is C14H20N2O5. The third-order valence-corrected chi connectivity index (χ3v) is 2.86. The molecule has 0 aliphatic carbocycles. The largest absolute Gasteiger partial charge is 0.477 e. The Labute approximate surface area is 123 Å². The number of carboxylic acid groups (broad SMARTS) is 1. The van der Waals surface area contributed by atoms with E-state index in [1.165, 1.54) is 18.3 Å². The van der Waals surface area contributed by atoms with Gasteiger partial charge in [0.1, 0.15) is 5.69 Å². The van der Waals surface area contributed by atoms with Gasteiger partial charge in [0, 0.05) is 45.7 Å². The van der Waals surface area contributed by atoms with Crippen LogP contribution in [0.2, 0.25) is 0 Å². The van der Waals surface area contributed by atoms with E-state index in [9.17, 15) is 9.59 Å². The van der Waals surface area contributed by atoms with E-state index in [-0.39, 0.29) is 11.6 Å². The van der Waals surface area contributed by atoms with E-state index in [0.29, 0.717) is 38.3 Å². The Kier molecular flexibility index (Phi) is 7.34. The van der Waals surface area contributed by atoms with Crippen molar-refractivity contribution < 1.29 is 24.2 Å². The number of hydrogen-bond donors (Lipinski definition) is 1. The summed E-state index contributed by atoms with van der Waals surface area (Å²) >= 11 is 0. The van der Waals surface area contributed by atoms with Crippen LogP contribution in [0.3, 0.4) is 0 Å². The van der Waals surface area contributed by atoms with Crippen molar-refractivity contribution in [3.8, 4) is 0 Å². The third kappa shape index (κ3) is 5.49. The Bertz CT molecular complexity index is 478. The Morgan fingerprint density at radius 3 is 2.57 bits per heavy atom. The molecule has 0 radical (unpaired) electrons. The van der Waals surface area contributed by atoms with Crippen LogP contribution >= 0.6 is 0 Å². The maximum absolute atomic E-state index is 12.4. The molecule has 1 aromatic rings. The van der Waals surface area contributed by atoms with Crippen molar-refractivity contribution >= 4 is 11.9 Å². The first-order valence-corrected chi connectivity index (χ1v) is 6.56. The molecule has 0 fully saturated rings. The first-order valence-electron chi connectivity index (χ1n) is 6.56. The van der Waals surface area contributed by atoms with Crippen LogP contribution in [0.15, 0.2) is 18.3 Å². The molecule has 0 saturated heterocycles. The van der Waals surface area contributed by atoms with E-state index in [4.69, 9.17) is 14.6 Å². The molecule has 0 aliphatic heterocycles. The summed E-state index contributed by atoms with van der Waals surface area (Å²) in [7, 11) is 3.16. The molecule has 0 spiro atoms. The van der Waals surface area contributed by atoms with Gasteiger partial charge in [-0.25, -0.2) is 9.78 Å². The van der Waals surface area contributed by atoms with E-state index in [1.807, 2.05) is 0 Å². The summed E-state index contributed by atoms with van der Waals surface area (Å²) in [5.41, 5.74) is 0.153.